The normalized spacial score (nSPS) is 13.6. The molecule has 0 aliphatic rings. The zero-order chi connectivity index (χ0) is 13.6. The Labute approximate surface area is 106 Å². The second kappa shape index (κ2) is 6.78. The average Bonchev–Trinajstić information content (AvgIpc) is 2.27. The largest absolute Gasteiger partial charge is 0.389 e. The number of hydrogen-bond acceptors (Lipinski definition) is 1. The highest BCUT2D eigenvalue weighted by molar-refractivity contribution is 5.23. The zero-order valence-electron chi connectivity index (χ0n) is 10.8. The van der Waals surface area contributed by atoms with Crippen molar-refractivity contribution in [1.82, 2.24) is 5.32 Å². The third-order valence-electron chi connectivity index (χ3n) is 2.91. The van der Waals surface area contributed by atoms with Crippen LogP contribution in [0.1, 0.15) is 43.4 Å². The van der Waals surface area contributed by atoms with Crippen LogP contribution >= 0.6 is 0 Å². The van der Waals surface area contributed by atoms with E-state index in [1.165, 1.54) is 5.56 Å². The van der Waals surface area contributed by atoms with Gasteiger partial charge in [0.1, 0.15) is 0 Å². The van der Waals surface area contributed by atoms with Crippen LogP contribution in [-0.2, 0) is 0 Å². The lowest BCUT2D eigenvalue weighted by molar-refractivity contribution is -0.135. The topological polar surface area (TPSA) is 12.0 Å². The molecule has 0 fully saturated rings. The lowest BCUT2D eigenvalue weighted by atomic mass is 10.1. The van der Waals surface area contributed by atoms with Gasteiger partial charge in [0, 0.05) is 12.5 Å². The summed E-state index contributed by atoms with van der Waals surface area (Å²) in [5.41, 5.74) is 2.37. The van der Waals surface area contributed by atoms with E-state index < -0.39 is 12.6 Å². The number of aryl methyl sites for hydroxylation is 1. The molecule has 1 aromatic rings. The van der Waals surface area contributed by atoms with Gasteiger partial charge in [-0.15, -0.1) is 0 Å². The standard InChI is InChI=1S/C14H20F3N/c1-11-5-7-13(8-6-11)12(2)18-10-4-3-9-14(15,16)17/h5-8,12,18H,3-4,9-10H2,1-2H3. The minimum Gasteiger partial charge on any atom is -0.310 e. The Morgan fingerprint density at radius 1 is 1.11 bits per heavy atom. The van der Waals surface area contributed by atoms with Crippen molar-refractivity contribution in [2.24, 2.45) is 0 Å². The molecule has 1 N–H and O–H groups in total. The minimum atomic E-state index is -4.03. The van der Waals surface area contributed by atoms with Gasteiger partial charge < -0.3 is 5.32 Å². The molecule has 4 heteroatoms. The van der Waals surface area contributed by atoms with Crippen molar-refractivity contribution in [3.63, 3.8) is 0 Å². The van der Waals surface area contributed by atoms with Crippen molar-refractivity contribution in [1.29, 1.82) is 0 Å². The van der Waals surface area contributed by atoms with Crippen LogP contribution in [0, 0.1) is 6.92 Å². The molecule has 1 aromatic carbocycles. The van der Waals surface area contributed by atoms with Gasteiger partial charge in [0.05, 0.1) is 0 Å². The fourth-order valence-corrected chi connectivity index (χ4v) is 1.74. The average molecular weight is 259 g/mol. The van der Waals surface area contributed by atoms with Crippen LogP contribution in [0.2, 0.25) is 0 Å². The molecule has 1 rings (SSSR count). The van der Waals surface area contributed by atoms with E-state index in [9.17, 15) is 13.2 Å². The van der Waals surface area contributed by atoms with Gasteiger partial charge in [-0.05, 0) is 38.8 Å². The van der Waals surface area contributed by atoms with Crippen LogP contribution in [0.5, 0.6) is 0 Å². The van der Waals surface area contributed by atoms with Crippen molar-refractivity contribution in [2.45, 2.75) is 45.3 Å². The highest BCUT2D eigenvalue weighted by Crippen LogP contribution is 2.22. The molecule has 0 radical (unpaired) electrons. The maximum atomic E-state index is 11.9. The Morgan fingerprint density at radius 3 is 2.28 bits per heavy atom. The summed E-state index contributed by atoms with van der Waals surface area (Å²) in [7, 11) is 0. The van der Waals surface area contributed by atoms with E-state index in [-0.39, 0.29) is 12.5 Å². The maximum absolute atomic E-state index is 11.9. The summed E-state index contributed by atoms with van der Waals surface area (Å²) in [5, 5.41) is 3.24. The highest BCUT2D eigenvalue weighted by atomic mass is 19.4. The number of nitrogens with one attached hydrogen (secondary N) is 1. The van der Waals surface area contributed by atoms with Crippen molar-refractivity contribution >= 4 is 0 Å². The summed E-state index contributed by atoms with van der Waals surface area (Å²) in [6.07, 6.45) is -3.97. The summed E-state index contributed by atoms with van der Waals surface area (Å²) < 4.78 is 35.8. The smallest absolute Gasteiger partial charge is 0.310 e. The molecular formula is C14H20F3N. The van der Waals surface area contributed by atoms with Gasteiger partial charge in [-0.3, -0.25) is 0 Å². The van der Waals surface area contributed by atoms with E-state index in [4.69, 9.17) is 0 Å². The first-order valence-electron chi connectivity index (χ1n) is 6.25. The molecule has 1 unspecified atom stereocenters. The molecule has 0 aliphatic carbocycles. The molecule has 102 valence electrons. The third kappa shape index (κ3) is 6.05. The molecule has 0 heterocycles. The number of alkyl halides is 3. The van der Waals surface area contributed by atoms with Gasteiger partial charge in [0.2, 0.25) is 0 Å². The van der Waals surface area contributed by atoms with E-state index in [1.54, 1.807) is 0 Å². The lowest BCUT2D eigenvalue weighted by Gasteiger charge is -2.14. The quantitative estimate of drug-likeness (QED) is 0.748. The summed E-state index contributed by atoms with van der Waals surface area (Å²) in [5.74, 6) is 0. The molecule has 0 aromatic heterocycles. The van der Waals surface area contributed by atoms with E-state index >= 15 is 0 Å². The SMILES string of the molecule is Cc1ccc(C(C)NCCCCC(F)(F)F)cc1. The highest BCUT2D eigenvalue weighted by Gasteiger charge is 2.25. The van der Waals surface area contributed by atoms with Gasteiger partial charge in [-0.2, -0.15) is 13.2 Å². The molecule has 0 spiro atoms. The molecule has 0 bridgehead atoms. The molecule has 1 nitrogen and oxygen atoms in total. The van der Waals surface area contributed by atoms with E-state index in [2.05, 4.69) is 5.32 Å². The number of unbranched alkanes of at least 4 members (excludes halogenated alkanes) is 1. The molecule has 0 amide bonds. The van der Waals surface area contributed by atoms with Gasteiger partial charge >= 0.3 is 6.18 Å². The third-order valence-corrected chi connectivity index (χ3v) is 2.91. The van der Waals surface area contributed by atoms with Crippen molar-refractivity contribution in [3.8, 4) is 0 Å². The van der Waals surface area contributed by atoms with E-state index in [0.29, 0.717) is 13.0 Å². The van der Waals surface area contributed by atoms with Gasteiger partial charge in [-0.1, -0.05) is 29.8 Å². The molecule has 0 saturated heterocycles. The second-order valence-electron chi connectivity index (χ2n) is 4.66. The molecule has 1 atom stereocenters. The summed E-state index contributed by atoms with van der Waals surface area (Å²) in [6.45, 7) is 4.67. The molecular weight excluding hydrogens is 239 g/mol. The number of hydrogen-bond donors (Lipinski definition) is 1. The van der Waals surface area contributed by atoms with Crippen molar-refractivity contribution in [3.05, 3.63) is 35.4 Å². The first-order chi connectivity index (χ1) is 8.38. The van der Waals surface area contributed by atoms with Crippen LogP contribution in [0.4, 0.5) is 13.2 Å². The number of rotatable bonds is 6. The summed E-state index contributed by atoms with van der Waals surface area (Å²) in [4.78, 5) is 0. The Morgan fingerprint density at radius 2 is 1.72 bits per heavy atom. The predicted octanol–water partition coefficient (Wildman–Crippen LogP) is 4.38. The van der Waals surface area contributed by atoms with Crippen LogP contribution in [0.15, 0.2) is 24.3 Å². The Kier molecular flexibility index (Phi) is 5.66. The first kappa shape index (κ1) is 15.0. The second-order valence-corrected chi connectivity index (χ2v) is 4.66. The van der Waals surface area contributed by atoms with Crippen LogP contribution in [-0.4, -0.2) is 12.7 Å². The van der Waals surface area contributed by atoms with Gasteiger partial charge in [0.25, 0.3) is 0 Å². The van der Waals surface area contributed by atoms with Gasteiger partial charge in [-0.25, -0.2) is 0 Å². The van der Waals surface area contributed by atoms with Crippen molar-refractivity contribution < 1.29 is 13.2 Å². The molecule has 0 saturated carbocycles. The predicted molar refractivity (Wildman–Crippen MR) is 67.5 cm³/mol. The van der Waals surface area contributed by atoms with E-state index in [1.807, 2.05) is 38.1 Å². The van der Waals surface area contributed by atoms with Crippen molar-refractivity contribution in [2.75, 3.05) is 6.54 Å². The Bertz CT molecular complexity index is 343. The fourth-order valence-electron chi connectivity index (χ4n) is 1.74. The fraction of sp³-hybridized carbons (Fsp3) is 0.571. The molecule has 0 aliphatic heterocycles. The van der Waals surface area contributed by atoms with Crippen LogP contribution < -0.4 is 5.32 Å². The van der Waals surface area contributed by atoms with Gasteiger partial charge in [0.15, 0.2) is 0 Å². The van der Waals surface area contributed by atoms with Crippen LogP contribution in [0.25, 0.3) is 0 Å². The van der Waals surface area contributed by atoms with E-state index in [0.717, 1.165) is 5.56 Å². The number of halogens is 3. The zero-order valence-corrected chi connectivity index (χ0v) is 10.8. The van der Waals surface area contributed by atoms with Crippen LogP contribution in [0.3, 0.4) is 0 Å². The lowest BCUT2D eigenvalue weighted by Crippen LogP contribution is -2.20. The molecule has 18 heavy (non-hydrogen) atoms. The Balaban J connectivity index is 2.21. The maximum Gasteiger partial charge on any atom is 0.389 e. The summed E-state index contributed by atoms with van der Waals surface area (Å²) >= 11 is 0. The monoisotopic (exact) mass is 259 g/mol. The number of benzene rings is 1. The summed E-state index contributed by atoms with van der Waals surface area (Å²) in [6, 6.07) is 8.34. The minimum absolute atomic E-state index is 0.177. The first-order valence-corrected chi connectivity index (χ1v) is 6.25. The Hall–Kier alpha value is -1.03.